The van der Waals surface area contributed by atoms with Gasteiger partial charge in [0.15, 0.2) is 0 Å². The van der Waals surface area contributed by atoms with Crippen molar-refractivity contribution < 1.29 is 4.74 Å². The predicted molar refractivity (Wildman–Crippen MR) is 87.6 cm³/mol. The molecule has 1 fully saturated rings. The number of fused-ring (bicyclic) bond motifs is 1. The van der Waals surface area contributed by atoms with E-state index in [-0.39, 0.29) is 0 Å². The SMILES string of the molecule is CCCC1CCC(CN)(CC2COc3ccccc32)CC1. The Bertz CT molecular complexity index is 462. The van der Waals surface area contributed by atoms with Crippen molar-refractivity contribution in [2.45, 2.75) is 57.8 Å². The second-order valence-corrected chi connectivity index (χ2v) is 7.19. The van der Waals surface area contributed by atoms with Crippen molar-refractivity contribution in [2.75, 3.05) is 13.2 Å². The zero-order valence-electron chi connectivity index (χ0n) is 13.3. The molecule has 1 heterocycles. The summed E-state index contributed by atoms with van der Waals surface area (Å²) >= 11 is 0. The number of rotatable bonds is 5. The summed E-state index contributed by atoms with van der Waals surface area (Å²) in [4.78, 5) is 0. The summed E-state index contributed by atoms with van der Waals surface area (Å²) < 4.78 is 5.86. The fraction of sp³-hybridized carbons (Fsp3) is 0.684. The van der Waals surface area contributed by atoms with Crippen molar-refractivity contribution in [1.29, 1.82) is 0 Å². The molecule has 0 saturated heterocycles. The summed E-state index contributed by atoms with van der Waals surface area (Å²) in [5, 5.41) is 0. The summed E-state index contributed by atoms with van der Waals surface area (Å²) in [6.07, 6.45) is 9.31. The minimum absolute atomic E-state index is 0.357. The van der Waals surface area contributed by atoms with Crippen LogP contribution in [0.5, 0.6) is 5.75 Å². The molecule has 2 heteroatoms. The highest BCUT2D eigenvalue weighted by Crippen LogP contribution is 2.48. The molecule has 1 aromatic carbocycles. The minimum atomic E-state index is 0.357. The molecule has 3 rings (SSSR count). The van der Waals surface area contributed by atoms with Crippen LogP contribution in [-0.2, 0) is 0 Å². The highest BCUT2D eigenvalue weighted by Gasteiger charge is 2.38. The Morgan fingerprint density at radius 1 is 1.24 bits per heavy atom. The molecule has 0 bridgehead atoms. The van der Waals surface area contributed by atoms with Crippen LogP contribution in [-0.4, -0.2) is 13.2 Å². The molecule has 1 aliphatic heterocycles. The minimum Gasteiger partial charge on any atom is -0.493 e. The average Bonchev–Trinajstić information content (AvgIpc) is 2.93. The van der Waals surface area contributed by atoms with Gasteiger partial charge in [-0.2, -0.15) is 0 Å². The molecule has 0 amide bonds. The van der Waals surface area contributed by atoms with Gasteiger partial charge in [-0.05, 0) is 56.0 Å². The van der Waals surface area contributed by atoms with Gasteiger partial charge < -0.3 is 10.5 Å². The Labute approximate surface area is 129 Å². The smallest absolute Gasteiger partial charge is 0.122 e. The lowest BCUT2D eigenvalue weighted by molar-refractivity contribution is 0.124. The van der Waals surface area contributed by atoms with Crippen LogP contribution in [0.1, 0.15) is 63.4 Å². The van der Waals surface area contributed by atoms with E-state index in [1.807, 2.05) is 0 Å². The van der Waals surface area contributed by atoms with E-state index in [9.17, 15) is 0 Å². The van der Waals surface area contributed by atoms with Crippen LogP contribution in [0, 0.1) is 11.3 Å². The molecule has 0 radical (unpaired) electrons. The molecule has 1 aromatic rings. The van der Waals surface area contributed by atoms with Crippen molar-refractivity contribution in [3.63, 3.8) is 0 Å². The number of ether oxygens (including phenoxy) is 1. The number of para-hydroxylation sites is 1. The lowest BCUT2D eigenvalue weighted by atomic mass is 9.65. The second-order valence-electron chi connectivity index (χ2n) is 7.19. The number of hydrogen-bond acceptors (Lipinski definition) is 2. The Morgan fingerprint density at radius 3 is 2.71 bits per heavy atom. The van der Waals surface area contributed by atoms with Gasteiger partial charge in [0.1, 0.15) is 5.75 Å². The van der Waals surface area contributed by atoms with E-state index in [4.69, 9.17) is 10.5 Å². The van der Waals surface area contributed by atoms with Crippen LogP contribution in [0.25, 0.3) is 0 Å². The molecule has 116 valence electrons. The Morgan fingerprint density at radius 2 is 2.00 bits per heavy atom. The summed E-state index contributed by atoms with van der Waals surface area (Å²) in [5.74, 6) is 2.59. The molecule has 1 saturated carbocycles. The standard InChI is InChI=1S/C19H29NO/c1-2-5-15-8-10-19(14-20,11-9-15)12-16-13-21-18-7-4-3-6-17(16)18/h3-4,6-7,15-16H,2,5,8-14,20H2,1H3. The lowest BCUT2D eigenvalue weighted by Crippen LogP contribution is -2.36. The van der Waals surface area contributed by atoms with Gasteiger partial charge in [-0.3, -0.25) is 0 Å². The lowest BCUT2D eigenvalue weighted by Gasteiger charge is -2.41. The van der Waals surface area contributed by atoms with E-state index in [0.717, 1.165) is 24.8 Å². The Kier molecular flexibility index (Phi) is 4.54. The molecule has 1 unspecified atom stereocenters. The quantitative estimate of drug-likeness (QED) is 0.866. The highest BCUT2D eigenvalue weighted by atomic mass is 16.5. The van der Waals surface area contributed by atoms with Gasteiger partial charge >= 0.3 is 0 Å². The van der Waals surface area contributed by atoms with Crippen LogP contribution in [0.2, 0.25) is 0 Å². The monoisotopic (exact) mass is 287 g/mol. The third-order valence-corrected chi connectivity index (χ3v) is 5.77. The van der Waals surface area contributed by atoms with Crippen LogP contribution in [0.3, 0.4) is 0 Å². The van der Waals surface area contributed by atoms with Gasteiger partial charge in [0.25, 0.3) is 0 Å². The first kappa shape index (κ1) is 14.9. The summed E-state index contributed by atoms with van der Waals surface area (Å²) in [6, 6.07) is 8.53. The van der Waals surface area contributed by atoms with Crippen LogP contribution >= 0.6 is 0 Å². The maximum atomic E-state index is 6.21. The van der Waals surface area contributed by atoms with Gasteiger partial charge in [0.2, 0.25) is 0 Å². The van der Waals surface area contributed by atoms with Crippen molar-refractivity contribution in [3.8, 4) is 5.75 Å². The maximum Gasteiger partial charge on any atom is 0.122 e. The zero-order chi connectivity index (χ0) is 14.7. The first-order chi connectivity index (χ1) is 10.3. The van der Waals surface area contributed by atoms with E-state index in [1.54, 1.807) is 0 Å². The van der Waals surface area contributed by atoms with Gasteiger partial charge in [0, 0.05) is 11.5 Å². The normalized spacial score (nSPS) is 31.7. The molecule has 21 heavy (non-hydrogen) atoms. The van der Waals surface area contributed by atoms with Crippen molar-refractivity contribution in [1.82, 2.24) is 0 Å². The van der Waals surface area contributed by atoms with Gasteiger partial charge in [-0.1, -0.05) is 38.0 Å². The van der Waals surface area contributed by atoms with E-state index < -0.39 is 0 Å². The first-order valence-electron chi connectivity index (χ1n) is 8.68. The number of benzene rings is 1. The third kappa shape index (κ3) is 3.11. The zero-order valence-corrected chi connectivity index (χ0v) is 13.3. The van der Waals surface area contributed by atoms with E-state index >= 15 is 0 Å². The van der Waals surface area contributed by atoms with Crippen LogP contribution in [0.15, 0.2) is 24.3 Å². The molecule has 1 atom stereocenters. The van der Waals surface area contributed by atoms with Gasteiger partial charge in [-0.25, -0.2) is 0 Å². The van der Waals surface area contributed by atoms with Crippen molar-refractivity contribution >= 4 is 0 Å². The van der Waals surface area contributed by atoms with E-state index in [0.29, 0.717) is 11.3 Å². The van der Waals surface area contributed by atoms with Crippen molar-refractivity contribution in [2.24, 2.45) is 17.1 Å². The van der Waals surface area contributed by atoms with E-state index in [2.05, 4.69) is 31.2 Å². The fourth-order valence-corrected chi connectivity index (χ4v) is 4.40. The third-order valence-electron chi connectivity index (χ3n) is 5.77. The van der Waals surface area contributed by atoms with Crippen LogP contribution in [0.4, 0.5) is 0 Å². The predicted octanol–water partition coefficient (Wildman–Crippen LogP) is 4.49. The summed E-state index contributed by atoms with van der Waals surface area (Å²) in [6.45, 7) is 3.99. The summed E-state index contributed by atoms with van der Waals surface area (Å²) in [7, 11) is 0. The fourth-order valence-electron chi connectivity index (χ4n) is 4.40. The molecule has 1 aliphatic carbocycles. The molecule has 2 nitrogen and oxygen atoms in total. The average molecular weight is 287 g/mol. The highest BCUT2D eigenvalue weighted by molar-refractivity contribution is 5.39. The maximum absolute atomic E-state index is 6.21. The molecular weight excluding hydrogens is 258 g/mol. The van der Waals surface area contributed by atoms with Crippen molar-refractivity contribution in [3.05, 3.63) is 29.8 Å². The molecular formula is C19H29NO. The number of nitrogens with two attached hydrogens (primary N) is 1. The van der Waals surface area contributed by atoms with E-state index in [1.165, 1.54) is 50.5 Å². The molecule has 0 aromatic heterocycles. The largest absolute Gasteiger partial charge is 0.493 e. The van der Waals surface area contributed by atoms with Gasteiger partial charge in [0.05, 0.1) is 6.61 Å². The second kappa shape index (κ2) is 6.39. The number of hydrogen-bond donors (Lipinski definition) is 1. The van der Waals surface area contributed by atoms with Crippen LogP contribution < -0.4 is 10.5 Å². The Hall–Kier alpha value is -1.02. The Balaban J connectivity index is 1.66. The molecule has 0 spiro atoms. The molecule has 2 aliphatic rings. The summed E-state index contributed by atoms with van der Waals surface area (Å²) in [5.41, 5.74) is 7.98. The first-order valence-corrected chi connectivity index (χ1v) is 8.68. The van der Waals surface area contributed by atoms with Gasteiger partial charge in [-0.15, -0.1) is 0 Å². The molecule has 2 N–H and O–H groups in total. The topological polar surface area (TPSA) is 35.2 Å².